The Hall–Kier alpha value is -3.02. The van der Waals surface area contributed by atoms with Crippen molar-refractivity contribution in [1.29, 1.82) is 0 Å². The fourth-order valence-electron chi connectivity index (χ4n) is 2.00. The minimum Gasteiger partial charge on any atom is -0.508 e. The van der Waals surface area contributed by atoms with Crippen molar-refractivity contribution in [2.75, 3.05) is 14.2 Å². The van der Waals surface area contributed by atoms with Crippen LogP contribution in [-0.2, 0) is 11.2 Å². The van der Waals surface area contributed by atoms with Crippen LogP contribution in [0, 0.1) is 0 Å². The van der Waals surface area contributed by atoms with Crippen molar-refractivity contribution < 1.29 is 19.4 Å². The number of amides is 1. The lowest BCUT2D eigenvalue weighted by molar-refractivity contribution is -0.120. The van der Waals surface area contributed by atoms with Crippen molar-refractivity contribution in [3.05, 3.63) is 53.6 Å². The highest BCUT2D eigenvalue weighted by Crippen LogP contribution is 2.27. The Morgan fingerprint density at radius 1 is 1.17 bits per heavy atom. The summed E-state index contributed by atoms with van der Waals surface area (Å²) in [4.78, 5) is 11.9. The van der Waals surface area contributed by atoms with E-state index in [2.05, 4.69) is 10.5 Å². The van der Waals surface area contributed by atoms with Gasteiger partial charge in [-0.1, -0.05) is 18.2 Å². The Labute approximate surface area is 134 Å². The van der Waals surface area contributed by atoms with Crippen LogP contribution in [0.2, 0.25) is 0 Å². The van der Waals surface area contributed by atoms with Gasteiger partial charge in [-0.2, -0.15) is 5.10 Å². The lowest BCUT2D eigenvalue weighted by atomic mass is 10.1. The van der Waals surface area contributed by atoms with E-state index in [1.807, 2.05) is 0 Å². The van der Waals surface area contributed by atoms with Crippen LogP contribution in [0.1, 0.15) is 11.1 Å². The molecule has 2 rings (SSSR count). The normalized spacial score (nSPS) is 10.5. The van der Waals surface area contributed by atoms with Crippen molar-refractivity contribution >= 4 is 12.1 Å². The molecule has 0 radical (unpaired) electrons. The average molecular weight is 314 g/mol. The third-order valence-corrected chi connectivity index (χ3v) is 3.09. The number of benzene rings is 2. The second kappa shape index (κ2) is 7.84. The number of nitrogens with zero attached hydrogens (tertiary/aromatic N) is 1. The summed E-state index contributed by atoms with van der Waals surface area (Å²) in [5, 5.41) is 13.2. The zero-order chi connectivity index (χ0) is 16.7. The molecule has 0 saturated heterocycles. The molecule has 0 aliphatic rings. The first-order valence-corrected chi connectivity index (χ1v) is 6.94. The molecular formula is C17H18N2O4. The van der Waals surface area contributed by atoms with E-state index in [1.54, 1.807) is 56.7 Å². The summed E-state index contributed by atoms with van der Waals surface area (Å²) in [7, 11) is 3.10. The van der Waals surface area contributed by atoms with E-state index >= 15 is 0 Å². The highest BCUT2D eigenvalue weighted by atomic mass is 16.5. The van der Waals surface area contributed by atoms with Gasteiger partial charge in [0.15, 0.2) is 11.5 Å². The zero-order valence-corrected chi connectivity index (χ0v) is 12.9. The Morgan fingerprint density at radius 3 is 2.65 bits per heavy atom. The molecule has 0 aromatic heterocycles. The topological polar surface area (TPSA) is 80.2 Å². The number of hydrogen-bond donors (Lipinski definition) is 2. The Balaban J connectivity index is 1.94. The summed E-state index contributed by atoms with van der Waals surface area (Å²) in [5.41, 5.74) is 3.92. The first-order chi connectivity index (χ1) is 11.1. The minimum atomic E-state index is -0.256. The lowest BCUT2D eigenvalue weighted by Gasteiger charge is -2.09. The molecule has 2 N–H and O–H groups in total. The molecule has 0 heterocycles. The number of aromatic hydroxyl groups is 1. The Morgan fingerprint density at radius 2 is 1.96 bits per heavy atom. The molecule has 120 valence electrons. The van der Waals surface area contributed by atoms with E-state index in [-0.39, 0.29) is 18.1 Å². The largest absolute Gasteiger partial charge is 0.508 e. The van der Waals surface area contributed by atoms with Crippen LogP contribution in [0.3, 0.4) is 0 Å². The van der Waals surface area contributed by atoms with Crippen LogP contribution in [0.5, 0.6) is 17.2 Å². The maximum absolute atomic E-state index is 11.9. The van der Waals surface area contributed by atoms with Gasteiger partial charge in [0.2, 0.25) is 5.91 Å². The maximum Gasteiger partial charge on any atom is 0.244 e. The number of rotatable bonds is 6. The Bertz CT molecular complexity index is 713. The maximum atomic E-state index is 11.9. The minimum absolute atomic E-state index is 0.144. The van der Waals surface area contributed by atoms with Crippen LogP contribution >= 0.6 is 0 Å². The van der Waals surface area contributed by atoms with Crippen LogP contribution in [0.15, 0.2) is 47.6 Å². The van der Waals surface area contributed by atoms with Crippen molar-refractivity contribution in [1.82, 2.24) is 5.43 Å². The first-order valence-electron chi connectivity index (χ1n) is 6.94. The van der Waals surface area contributed by atoms with Gasteiger partial charge in [-0.25, -0.2) is 5.43 Å². The third-order valence-electron chi connectivity index (χ3n) is 3.09. The van der Waals surface area contributed by atoms with E-state index in [0.717, 1.165) is 5.56 Å². The molecule has 1 amide bonds. The summed E-state index contributed by atoms with van der Waals surface area (Å²) in [5.74, 6) is 1.07. The number of methoxy groups -OCH3 is 2. The fraction of sp³-hybridized carbons (Fsp3) is 0.176. The van der Waals surface area contributed by atoms with Crippen LogP contribution in [0.25, 0.3) is 0 Å². The van der Waals surface area contributed by atoms with Crippen molar-refractivity contribution in [2.45, 2.75) is 6.42 Å². The molecule has 0 bridgehead atoms. The molecule has 0 fully saturated rings. The van der Waals surface area contributed by atoms with E-state index in [1.165, 1.54) is 6.21 Å². The molecule has 6 heteroatoms. The molecule has 0 unspecified atom stereocenters. The second-order valence-corrected chi connectivity index (χ2v) is 4.75. The molecule has 23 heavy (non-hydrogen) atoms. The van der Waals surface area contributed by atoms with Crippen molar-refractivity contribution in [2.24, 2.45) is 5.10 Å². The number of hydrazone groups is 1. The molecule has 0 spiro atoms. The standard InChI is InChI=1S/C17H18N2O4/c1-22-15-7-6-12(9-16(15)23-2)10-17(21)19-18-11-13-4-3-5-14(20)8-13/h3-9,11,20H,10H2,1-2H3,(H,19,21). The van der Waals surface area contributed by atoms with Crippen LogP contribution < -0.4 is 14.9 Å². The third kappa shape index (κ3) is 4.74. The molecule has 2 aromatic rings. The van der Waals surface area contributed by atoms with Gasteiger partial charge in [0.1, 0.15) is 5.75 Å². The number of phenolic OH excluding ortho intramolecular Hbond substituents is 1. The first kappa shape index (κ1) is 16.4. The van der Waals surface area contributed by atoms with E-state index in [9.17, 15) is 9.90 Å². The van der Waals surface area contributed by atoms with E-state index in [4.69, 9.17) is 9.47 Å². The number of nitrogens with one attached hydrogen (secondary N) is 1. The van der Waals surface area contributed by atoms with Gasteiger partial charge in [-0.3, -0.25) is 4.79 Å². The number of carbonyl (C=O) groups is 1. The highest BCUT2D eigenvalue weighted by molar-refractivity contribution is 5.83. The second-order valence-electron chi connectivity index (χ2n) is 4.75. The highest BCUT2D eigenvalue weighted by Gasteiger charge is 2.07. The smallest absolute Gasteiger partial charge is 0.244 e. The van der Waals surface area contributed by atoms with E-state index < -0.39 is 0 Å². The summed E-state index contributed by atoms with van der Waals surface area (Å²) < 4.78 is 10.3. The monoisotopic (exact) mass is 314 g/mol. The van der Waals surface area contributed by atoms with Gasteiger partial charge in [-0.05, 0) is 35.4 Å². The van der Waals surface area contributed by atoms with Gasteiger partial charge in [0.05, 0.1) is 26.9 Å². The summed E-state index contributed by atoms with van der Waals surface area (Å²) in [6.07, 6.45) is 1.63. The zero-order valence-electron chi connectivity index (χ0n) is 12.9. The Kier molecular flexibility index (Phi) is 5.57. The predicted molar refractivity (Wildman–Crippen MR) is 87.1 cm³/mol. The molecule has 0 atom stereocenters. The van der Waals surface area contributed by atoms with Crippen LogP contribution in [-0.4, -0.2) is 31.4 Å². The summed E-state index contributed by atoms with van der Waals surface area (Å²) >= 11 is 0. The van der Waals surface area contributed by atoms with Gasteiger partial charge >= 0.3 is 0 Å². The lowest BCUT2D eigenvalue weighted by Crippen LogP contribution is -2.19. The summed E-state index contributed by atoms with van der Waals surface area (Å²) in [6.45, 7) is 0. The average Bonchev–Trinajstić information content (AvgIpc) is 2.54. The van der Waals surface area contributed by atoms with Gasteiger partial charge in [-0.15, -0.1) is 0 Å². The van der Waals surface area contributed by atoms with E-state index in [0.29, 0.717) is 17.1 Å². The van der Waals surface area contributed by atoms with Crippen molar-refractivity contribution in [3.63, 3.8) is 0 Å². The molecule has 0 aliphatic heterocycles. The number of hydrogen-bond acceptors (Lipinski definition) is 5. The predicted octanol–water partition coefficient (Wildman–Crippen LogP) is 2.10. The van der Waals surface area contributed by atoms with Crippen molar-refractivity contribution in [3.8, 4) is 17.2 Å². The summed E-state index contributed by atoms with van der Waals surface area (Å²) in [6, 6.07) is 11.9. The molecule has 6 nitrogen and oxygen atoms in total. The molecule has 0 aliphatic carbocycles. The fourth-order valence-corrected chi connectivity index (χ4v) is 2.00. The quantitative estimate of drug-likeness (QED) is 0.632. The number of ether oxygens (including phenoxy) is 2. The number of phenols is 1. The van der Waals surface area contributed by atoms with Gasteiger partial charge < -0.3 is 14.6 Å². The number of carbonyl (C=O) groups excluding carboxylic acids is 1. The molecule has 0 saturated carbocycles. The SMILES string of the molecule is COc1ccc(CC(=O)NN=Cc2cccc(O)c2)cc1OC. The molecule has 2 aromatic carbocycles. The molecular weight excluding hydrogens is 296 g/mol. The van der Waals surface area contributed by atoms with Gasteiger partial charge in [0.25, 0.3) is 0 Å². The van der Waals surface area contributed by atoms with Gasteiger partial charge in [0, 0.05) is 0 Å². The van der Waals surface area contributed by atoms with Crippen LogP contribution in [0.4, 0.5) is 0 Å².